The molecule has 0 bridgehead atoms. The van der Waals surface area contributed by atoms with Gasteiger partial charge in [0.05, 0.1) is 12.4 Å². The van der Waals surface area contributed by atoms with Crippen LogP contribution in [-0.2, 0) is 0 Å². The van der Waals surface area contributed by atoms with Crippen molar-refractivity contribution in [2.24, 2.45) is 0 Å². The Kier molecular flexibility index (Phi) is 5.27. The van der Waals surface area contributed by atoms with E-state index in [1.807, 2.05) is 43.3 Å². The molecule has 0 fully saturated rings. The van der Waals surface area contributed by atoms with E-state index in [0.29, 0.717) is 27.7 Å². The van der Waals surface area contributed by atoms with Crippen LogP contribution >= 0.6 is 23.4 Å². The van der Waals surface area contributed by atoms with Gasteiger partial charge in [0.15, 0.2) is 0 Å². The summed E-state index contributed by atoms with van der Waals surface area (Å²) in [6.45, 7) is 1.95. The Hall–Kier alpha value is -2.91. The number of halogens is 1. The highest BCUT2D eigenvalue weighted by Gasteiger charge is 2.21. The summed E-state index contributed by atoms with van der Waals surface area (Å²) in [6, 6.07) is 14.8. The van der Waals surface area contributed by atoms with E-state index in [2.05, 4.69) is 25.7 Å². The predicted octanol–water partition coefficient (Wildman–Crippen LogP) is 4.23. The Bertz CT molecular complexity index is 1100. The summed E-state index contributed by atoms with van der Waals surface area (Å²) in [5.74, 6) is 1.55. The van der Waals surface area contributed by atoms with Crippen molar-refractivity contribution >= 4 is 23.4 Å². The van der Waals surface area contributed by atoms with Gasteiger partial charge in [0, 0.05) is 10.6 Å². The number of nitrogens with zero attached hydrogens (tertiary/aromatic N) is 6. The maximum Gasteiger partial charge on any atom is 0.247 e. The van der Waals surface area contributed by atoms with Gasteiger partial charge in [0.25, 0.3) is 0 Å². The molecule has 0 N–H and O–H groups in total. The van der Waals surface area contributed by atoms with Crippen molar-refractivity contribution in [3.63, 3.8) is 0 Å². The van der Waals surface area contributed by atoms with Gasteiger partial charge < -0.3 is 9.15 Å². The first kappa shape index (κ1) is 18.5. The first-order valence-corrected chi connectivity index (χ1v) is 9.59. The molecule has 0 amide bonds. The molecule has 142 valence electrons. The molecule has 4 rings (SSSR count). The molecule has 0 radical (unpaired) electrons. The number of para-hydroxylation sites is 2. The first-order chi connectivity index (χ1) is 13.7. The van der Waals surface area contributed by atoms with Gasteiger partial charge in [-0.1, -0.05) is 41.6 Å². The van der Waals surface area contributed by atoms with E-state index in [9.17, 15) is 0 Å². The molecular formula is C18H15ClN6O2S. The summed E-state index contributed by atoms with van der Waals surface area (Å²) in [4.78, 5) is 0. The van der Waals surface area contributed by atoms with Gasteiger partial charge in [-0.05, 0) is 47.7 Å². The molecule has 4 aromatic rings. The summed E-state index contributed by atoms with van der Waals surface area (Å²) >= 11 is 7.43. The summed E-state index contributed by atoms with van der Waals surface area (Å²) in [7, 11) is 1.61. The average Bonchev–Trinajstić information content (AvgIpc) is 3.38. The molecule has 2 heterocycles. The number of rotatable bonds is 6. The number of hydrogen-bond donors (Lipinski definition) is 0. The fourth-order valence-electron chi connectivity index (χ4n) is 2.55. The third-order valence-corrected chi connectivity index (χ3v) is 5.15. The van der Waals surface area contributed by atoms with Crippen LogP contribution in [0.2, 0.25) is 5.02 Å². The standard InChI is InChI=1S/C18H15ClN6O2S/c1-11(16-20-21-17(27-16)12-6-5-7-13(19)10-12)28-18-22-23-24-25(18)14-8-3-4-9-15(14)26-2/h3-11H,1-2H3/t11-/m0/s1. The molecule has 0 saturated heterocycles. The molecule has 2 aromatic heterocycles. The Balaban J connectivity index is 1.57. The molecule has 0 aliphatic rings. The molecular weight excluding hydrogens is 400 g/mol. The lowest BCUT2D eigenvalue weighted by Gasteiger charge is -2.10. The number of benzene rings is 2. The van der Waals surface area contributed by atoms with E-state index in [0.717, 1.165) is 11.3 Å². The molecule has 0 saturated carbocycles. The van der Waals surface area contributed by atoms with Gasteiger partial charge in [0.1, 0.15) is 11.4 Å². The lowest BCUT2D eigenvalue weighted by atomic mass is 10.2. The van der Waals surface area contributed by atoms with Crippen LogP contribution in [0.15, 0.2) is 58.1 Å². The average molecular weight is 415 g/mol. The van der Waals surface area contributed by atoms with Crippen LogP contribution in [-0.4, -0.2) is 37.5 Å². The van der Waals surface area contributed by atoms with Crippen LogP contribution in [0, 0.1) is 0 Å². The zero-order valence-electron chi connectivity index (χ0n) is 15.0. The molecule has 0 unspecified atom stereocenters. The molecule has 8 nitrogen and oxygen atoms in total. The van der Waals surface area contributed by atoms with E-state index in [4.69, 9.17) is 20.8 Å². The quantitative estimate of drug-likeness (QED) is 0.433. The number of thioether (sulfide) groups is 1. The van der Waals surface area contributed by atoms with E-state index in [1.54, 1.807) is 23.9 Å². The molecule has 0 aliphatic carbocycles. The van der Waals surface area contributed by atoms with Gasteiger partial charge in [-0.2, -0.15) is 4.68 Å². The highest BCUT2D eigenvalue weighted by molar-refractivity contribution is 7.99. The van der Waals surface area contributed by atoms with E-state index < -0.39 is 0 Å². The predicted molar refractivity (Wildman–Crippen MR) is 105 cm³/mol. The van der Waals surface area contributed by atoms with Crippen molar-refractivity contribution in [1.29, 1.82) is 0 Å². The number of methoxy groups -OCH3 is 1. The van der Waals surface area contributed by atoms with Crippen molar-refractivity contribution < 1.29 is 9.15 Å². The highest BCUT2D eigenvalue weighted by atomic mass is 35.5. The second kappa shape index (κ2) is 7.99. The normalized spacial score (nSPS) is 12.1. The number of tetrazole rings is 1. The number of aromatic nitrogens is 6. The van der Waals surface area contributed by atoms with Crippen LogP contribution in [0.1, 0.15) is 18.1 Å². The lowest BCUT2D eigenvalue weighted by Crippen LogP contribution is -2.02. The van der Waals surface area contributed by atoms with Crippen LogP contribution < -0.4 is 4.74 Å². The Morgan fingerprint density at radius 3 is 2.79 bits per heavy atom. The minimum Gasteiger partial charge on any atom is -0.494 e. The minimum atomic E-state index is -0.167. The van der Waals surface area contributed by atoms with Gasteiger partial charge in [-0.3, -0.25) is 0 Å². The summed E-state index contributed by atoms with van der Waals surface area (Å²) < 4.78 is 12.8. The van der Waals surface area contributed by atoms with Crippen LogP contribution in [0.4, 0.5) is 0 Å². The molecule has 10 heteroatoms. The molecule has 28 heavy (non-hydrogen) atoms. The minimum absolute atomic E-state index is 0.167. The fraction of sp³-hybridized carbons (Fsp3) is 0.167. The third-order valence-electron chi connectivity index (χ3n) is 3.90. The zero-order chi connectivity index (χ0) is 19.5. The van der Waals surface area contributed by atoms with Crippen molar-refractivity contribution in [2.45, 2.75) is 17.3 Å². The van der Waals surface area contributed by atoms with Crippen molar-refractivity contribution in [1.82, 2.24) is 30.4 Å². The Labute approximate surface area is 169 Å². The van der Waals surface area contributed by atoms with Crippen molar-refractivity contribution in [3.8, 4) is 22.9 Å². The van der Waals surface area contributed by atoms with E-state index >= 15 is 0 Å². The smallest absolute Gasteiger partial charge is 0.247 e. The van der Waals surface area contributed by atoms with Gasteiger partial charge in [0.2, 0.25) is 16.9 Å². The van der Waals surface area contributed by atoms with Crippen molar-refractivity contribution in [3.05, 3.63) is 59.4 Å². The van der Waals surface area contributed by atoms with Gasteiger partial charge >= 0.3 is 0 Å². The SMILES string of the molecule is COc1ccccc1-n1nnnc1S[C@@H](C)c1nnc(-c2cccc(Cl)c2)o1. The molecule has 2 aromatic carbocycles. The van der Waals surface area contributed by atoms with Gasteiger partial charge in [-0.25, -0.2) is 0 Å². The topological polar surface area (TPSA) is 91.8 Å². The molecule has 1 atom stereocenters. The highest BCUT2D eigenvalue weighted by Crippen LogP contribution is 2.35. The Morgan fingerprint density at radius 1 is 1.11 bits per heavy atom. The third kappa shape index (κ3) is 3.71. The summed E-state index contributed by atoms with van der Waals surface area (Å²) in [6.07, 6.45) is 0. The molecule has 0 spiro atoms. The van der Waals surface area contributed by atoms with Gasteiger partial charge in [-0.15, -0.1) is 15.3 Å². The summed E-state index contributed by atoms with van der Waals surface area (Å²) in [5.41, 5.74) is 1.51. The van der Waals surface area contributed by atoms with Crippen LogP contribution in [0.5, 0.6) is 5.75 Å². The number of ether oxygens (including phenoxy) is 1. The lowest BCUT2D eigenvalue weighted by molar-refractivity contribution is 0.410. The largest absolute Gasteiger partial charge is 0.494 e. The number of hydrogen-bond acceptors (Lipinski definition) is 8. The molecule has 0 aliphatic heterocycles. The van der Waals surface area contributed by atoms with E-state index in [1.165, 1.54) is 11.8 Å². The van der Waals surface area contributed by atoms with E-state index in [-0.39, 0.29) is 5.25 Å². The zero-order valence-corrected chi connectivity index (χ0v) is 16.6. The maximum absolute atomic E-state index is 6.03. The van der Waals surface area contributed by atoms with Crippen molar-refractivity contribution in [2.75, 3.05) is 7.11 Å². The fourth-order valence-corrected chi connectivity index (χ4v) is 3.57. The Morgan fingerprint density at radius 2 is 1.96 bits per heavy atom. The second-order valence-corrected chi connectivity index (χ2v) is 7.51. The van der Waals surface area contributed by atoms with Crippen LogP contribution in [0.3, 0.4) is 0 Å². The van der Waals surface area contributed by atoms with Crippen LogP contribution in [0.25, 0.3) is 17.1 Å². The first-order valence-electron chi connectivity index (χ1n) is 8.33. The maximum atomic E-state index is 6.03. The second-order valence-electron chi connectivity index (χ2n) is 5.76. The monoisotopic (exact) mass is 414 g/mol. The summed E-state index contributed by atoms with van der Waals surface area (Å²) in [5, 5.41) is 21.3.